The maximum absolute atomic E-state index is 12.0. The van der Waals surface area contributed by atoms with Crippen molar-refractivity contribution in [3.63, 3.8) is 0 Å². The van der Waals surface area contributed by atoms with Crippen molar-refractivity contribution in [3.05, 3.63) is 111 Å². The third-order valence-electron chi connectivity index (χ3n) is 10.5. The molecule has 0 spiro atoms. The van der Waals surface area contributed by atoms with Gasteiger partial charge in [0.25, 0.3) is 0 Å². The zero-order chi connectivity index (χ0) is 37.5. The number of aromatic nitrogens is 1. The first-order chi connectivity index (χ1) is 25.6. The lowest BCUT2D eigenvalue weighted by Gasteiger charge is -2.23. The van der Waals surface area contributed by atoms with E-state index in [0.717, 1.165) is 62.0 Å². The number of carboxylic acid groups (broad SMARTS) is 1. The summed E-state index contributed by atoms with van der Waals surface area (Å²) in [5.74, 6) is -0.130. The van der Waals surface area contributed by atoms with Gasteiger partial charge in [-0.05, 0) is 91.6 Å². The van der Waals surface area contributed by atoms with Gasteiger partial charge < -0.3 is 29.7 Å². The van der Waals surface area contributed by atoms with Crippen molar-refractivity contribution in [3.8, 4) is 28.7 Å². The van der Waals surface area contributed by atoms with Crippen molar-refractivity contribution in [1.29, 1.82) is 5.26 Å². The molecule has 2 aliphatic rings. The summed E-state index contributed by atoms with van der Waals surface area (Å²) >= 11 is 6.81. The molecule has 3 N–H and O–H groups in total. The molecular formula is C42H47ClN4O6. The summed E-state index contributed by atoms with van der Waals surface area (Å²) in [5, 5.41) is 39.5. The molecule has 10 nitrogen and oxygen atoms in total. The van der Waals surface area contributed by atoms with E-state index in [0.29, 0.717) is 33.2 Å². The Hall–Kier alpha value is -4.50. The van der Waals surface area contributed by atoms with Gasteiger partial charge in [0, 0.05) is 62.2 Å². The second kappa shape index (κ2) is 17.5. The Morgan fingerprint density at radius 1 is 0.925 bits per heavy atom. The van der Waals surface area contributed by atoms with Crippen LogP contribution in [0.15, 0.2) is 67.0 Å². The van der Waals surface area contributed by atoms with Crippen LogP contribution in [0.1, 0.15) is 64.6 Å². The van der Waals surface area contributed by atoms with Crippen LogP contribution in [0.25, 0.3) is 11.1 Å². The van der Waals surface area contributed by atoms with E-state index in [9.17, 15) is 25.4 Å². The number of rotatable bonds is 15. The van der Waals surface area contributed by atoms with E-state index in [-0.39, 0.29) is 38.8 Å². The lowest BCUT2D eigenvalue weighted by atomic mass is 9.90. The van der Waals surface area contributed by atoms with Gasteiger partial charge in [-0.25, -0.2) is 0 Å². The van der Waals surface area contributed by atoms with Gasteiger partial charge in [-0.3, -0.25) is 14.7 Å². The van der Waals surface area contributed by atoms with Crippen LogP contribution < -0.4 is 9.47 Å². The highest BCUT2D eigenvalue weighted by Crippen LogP contribution is 2.37. The first kappa shape index (κ1) is 38.2. The molecule has 2 saturated heterocycles. The van der Waals surface area contributed by atoms with Crippen molar-refractivity contribution in [2.45, 2.75) is 84.0 Å². The standard InChI is InChI=1S/C42H47ClN4O6/c1-27-31(7-3-4-13-46-14-12-34(48)23-46)8-5-10-36(27)37-11-6-9-32(28(37)2)26-53-41-18-40(52-25-30-15-29(19-44)20-45-21-30)33(16-38(41)43)22-47-24-35(49)17-39(47)42(50)51/h5-6,8-11,15-16,18,20-21,34-35,39,48-49H,3-4,7,12-14,17,22-26H2,1-2H3,(H,50,51)/t34-,35+,39+/m1/s1. The topological polar surface area (TPSA) is 139 Å². The van der Waals surface area contributed by atoms with Crippen LogP contribution in [-0.4, -0.2) is 80.5 Å². The molecule has 11 heteroatoms. The van der Waals surface area contributed by atoms with Gasteiger partial charge in [0.1, 0.15) is 36.8 Å². The molecule has 1 aromatic heterocycles. The molecule has 6 rings (SSSR count). The fourth-order valence-corrected chi connectivity index (χ4v) is 7.70. The predicted octanol–water partition coefficient (Wildman–Crippen LogP) is 6.46. The van der Waals surface area contributed by atoms with Gasteiger partial charge in [-0.15, -0.1) is 0 Å². The molecule has 53 heavy (non-hydrogen) atoms. The first-order valence-electron chi connectivity index (χ1n) is 18.2. The van der Waals surface area contributed by atoms with E-state index in [1.807, 2.05) is 12.1 Å². The largest absolute Gasteiger partial charge is 0.488 e. The molecule has 2 fully saturated rings. The summed E-state index contributed by atoms with van der Waals surface area (Å²) in [4.78, 5) is 20.1. The summed E-state index contributed by atoms with van der Waals surface area (Å²) in [6, 6.07) is 19.2. The third-order valence-corrected chi connectivity index (χ3v) is 10.8. The number of aliphatic hydroxyl groups excluding tert-OH is 2. The highest BCUT2D eigenvalue weighted by atomic mass is 35.5. The van der Waals surface area contributed by atoms with E-state index >= 15 is 0 Å². The summed E-state index contributed by atoms with van der Waals surface area (Å²) in [6.45, 7) is 7.88. The van der Waals surface area contributed by atoms with E-state index < -0.39 is 18.1 Å². The monoisotopic (exact) mass is 738 g/mol. The van der Waals surface area contributed by atoms with Crippen molar-refractivity contribution in [2.24, 2.45) is 0 Å². The SMILES string of the molecule is Cc1c(CCCCN2CC[C@@H](O)C2)cccc1-c1cccc(COc2cc(OCc3cncc(C#N)c3)c(CN3C[C@@H](O)C[C@H]3C(=O)O)cc2Cl)c1C. The number of pyridine rings is 1. The van der Waals surface area contributed by atoms with Crippen LogP contribution in [0, 0.1) is 25.2 Å². The normalized spacial score (nSPS) is 19.0. The summed E-state index contributed by atoms with van der Waals surface area (Å²) in [5.41, 5.74) is 8.85. The molecule has 3 aromatic carbocycles. The summed E-state index contributed by atoms with van der Waals surface area (Å²) in [6.07, 6.45) is 6.40. The second-order valence-electron chi connectivity index (χ2n) is 14.2. The average Bonchev–Trinajstić information content (AvgIpc) is 3.74. The fraction of sp³-hybridized carbons (Fsp3) is 0.405. The number of carbonyl (C=O) groups is 1. The number of aliphatic carboxylic acids is 1. The molecule has 3 atom stereocenters. The number of likely N-dealkylation sites (tertiary alicyclic amines) is 2. The van der Waals surface area contributed by atoms with Gasteiger partial charge in [0.15, 0.2) is 0 Å². The molecule has 278 valence electrons. The van der Waals surface area contributed by atoms with Crippen molar-refractivity contribution in [2.75, 3.05) is 26.2 Å². The van der Waals surface area contributed by atoms with Crippen LogP contribution in [-0.2, 0) is 31.0 Å². The lowest BCUT2D eigenvalue weighted by molar-refractivity contribution is -0.142. The number of halogens is 1. The van der Waals surface area contributed by atoms with Crippen LogP contribution in [0.4, 0.5) is 0 Å². The minimum absolute atomic E-state index is 0.115. The molecule has 0 aliphatic carbocycles. The number of benzene rings is 3. The van der Waals surface area contributed by atoms with E-state index in [2.05, 4.69) is 54.1 Å². The molecule has 3 heterocycles. The van der Waals surface area contributed by atoms with E-state index in [1.165, 1.54) is 22.9 Å². The fourth-order valence-electron chi connectivity index (χ4n) is 7.46. The molecule has 2 aliphatic heterocycles. The highest BCUT2D eigenvalue weighted by molar-refractivity contribution is 6.32. The lowest BCUT2D eigenvalue weighted by Crippen LogP contribution is -2.35. The number of β-amino-alcohol motifs (C(OH)–C–C–N with tert-alkyl or cyclic N) is 2. The molecular weight excluding hydrogens is 692 g/mol. The van der Waals surface area contributed by atoms with Crippen molar-refractivity contribution >= 4 is 17.6 Å². The van der Waals surface area contributed by atoms with E-state index in [1.54, 1.807) is 29.3 Å². The Balaban J connectivity index is 1.18. The van der Waals surface area contributed by atoms with Crippen LogP contribution in [0.3, 0.4) is 0 Å². The Bertz CT molecular complexity index is 1960. The zero-order valence-electron chi connectivity index (χ0n) is 30.3. The highest BCUT2D eigenvalue weighted by Gasteiger charge is 2.36. The number of nitriles is 1. The third kappa shape index (κ3) is 9.55. The molecule has 4 aromatic rings. The number of aryl methyl sites for hydroxylation is 1. The number of hydrogen-bond donors (Lipinski definition) is 3. The number of aliphatic hydroxyl groups is 2. The molecule has 0 radical (unpaired) electrons. The van der Waals surface area contributed by atoms with E-state index in [4.69, 9.17) is 21.1 Å². The molecule has 0 amide bonds. The van der Waals surface area contributed by atoms with Gasteiger partial charge in [-0.2, -0.15) is 5.26 Å². The van der Waals surface area contributed by atoms with Gasteiger partial charge in [-0.1, -0.05) is 48.0 Å². The quantitative estimate of drug-likeness (QED) is 0.117. The molecule has 0 bridgehead atoms. The predicted molar refractivity (Wildman–Crippen MR) is 203 cm³/mol. The Morgan fingerprint density at radius 2 is 1.66 bits per heavy atom. The second-order valence-corrected chi connectivity index (χ2v) is 14.6. The smallest absolute Gasteiger partial charge is 0.321 e. The number of nitrogens with zero attached hydrogens (tertiary/aromatic N) is 4. The minimum Gasteiger partial charge on any atom is -0.488 e. The number of hydrogen-bond acceptors (Lipinski definition) is 9. The first-order valence-corrected chi connectivity index (χ1v) is 18.6. The number of unbranched alkanes of at least 4 members (excludes halogenated alkanes) is 1. The summed E-state index contributed by atoms with van der Waals surface area (Å²) < 4.78 is 12.6. The minimum atomic E-state index is -0.996. The van der Waals surface area contributed by atoms with Crippen LogP contribution in [0.2, 0.25) is 5.02 Å². The van der Waals surface area contributed by atoms with Crippen molar-refractivity contribution in [1.82, 2.24) is 14.8 Å². The Kier molecular flexibility index (Phi) is 12.7. The molecule has 0 saturated carbocycles. The average molecular weight is 739 g/mol. The van der Waals surface area contributed by atoms with Gasteiger partial charge in [0.05, 0.1) is 22.8 Å². The van der Waals surface area contributed by atoms with Gasteiger partial charge in [0.2, 0.25) is 0 Å². The Morgan fingerprint density at radius 3 is 2.38 bits per heavy atom. The summed E-state index contributed by atoms with van der Waals surface area (Å²) in [7, 11) is 0. The van der Waals surface area contributed by atoms with Crippen LogP contribution in [0.5, 0.6) is 11.5 Å². The zero-order valence-corrected chi connectivity index (χ0v) is 31.1. The van der Waals surface area contributed by atoms with Crippen molar-refractivity contribution < 1.29 is 29.6 Å². The van der Waals surface area contributed by atoms with Crippen LogP contribution >= 0.6 is 11.6 Å². The maximum atomic E-state index is 12.0. The van der Waals surface area contributed by atoms with Gasteiger partial charge >= 0.3 is 5.97 Å². The molecule has 0 unspecified atom stereocenters. The Labute approximate surface area is 316 Å². The number of ether oxygens (including phenoxy) is 2. The maximum Gasteiger partial charge on any atom is 0.321 e. The number of carboxylic acids is 1.